The third kappa shape index (κ3) is 4.53. The monoisotopic (exact) mass is 333 g/mol. The second-order valence-electron chi connectivity index (χ2n) is 4.61. The van der Waals surface area contributed by atoms with E-state index < -0.39 is 10.8 Å². The molecule has 10 nitrogen and oxygen atoms in total. The fraction of sp³-hybridized carbons (Fsp3) is 0.214. The molecule has 2 rings (SSSR count). The van der Waals surface area contributed by atoms with Crippen LogP contribution in [0.1, 0.15) is 12.5 Å². The van der Waals surface area contributed by atoms with Gasteiger partial charge in [0.25, 0.3) is 5.91 Å². The highest BCUT2D eigenvalue weighted by molar-refractivity contribution is 5.83. The first-order valence-corrected chi connectivity index (χ1v) is 6.94. The normalized spacial score (nSPS) is 10.7. The van der Waals surface area contributed by atoms with Gasteiger partial charge < -0.3 is 9.84 Å². The van der Waals surface area contributed by atoms with Crippen LogP contribution in [0.25, 0.3) is 0 Å². The molecule has 1 amide bonds. The Morgan fingerprint density at radius 3 is 3.04 bits per heavy atom. The Bertz CT molecular complexity index is 771. The lowest BCUT2D eigenvalue weighted by atomic mass is 10.2. The van der Waals surface area contributed by atoms with Crippen molar-refractivity contribution < 1.29 is 19.6 Å². The zero-order valence-corrected chi connectivity index (χ0v) is 12.7. The molecule has 0 unspecified atom stereocenters. The zero-order valence-electron chi connectivity index (χ0n) is 12.7. The number of rotatable bonds is 7. The minimum Gasteiger partial charge on any atom is -0.504 e. The molecular formula is C14H15N5O5. The first-order valence-electron chi connectivity index (χ1n) is 6.94. The van der Waals surface area contributed by atoms with Crippen molar-refractivity contribution >= 4 is 17.8 Å². The van der Waals surface area contributed by atoms with Gasteiger partial charge in [0, 0.05) is 0 Å². The Kier molecular flexibility index (Phi) is 5.45. The summed E-state index contributed by atoms with van der Waals surface area (Å²) in [6.45, 7) is 1.99. The van der Waals surface area contributed by atoms with Crippen molar-refractivity contribution in [3.05, 3.63) is 46.3 Å². The van der Waals surface area contributed by atoms with Crippen LogP contribution in [0.5, 0.6) is 11.5 Å². The van der Waals surface area contributed by atoms with E-state index >= 15 is 0 Å². The van der Waals surface area contributed by atoms with Crippen LogP contribution in [-0.4, -0.2) is 38.5 Å². The van der Waals surface area contributed by atoms with Crippen LogP contribution in [0, 0.1) is 10.1 Å². The number of nitrogens with zero attached hydrogens (tertiary/aromatic N) is 4. The second-order valence-corrected chi connectivity index (χ2v) is 4.61. The molecule has 2 aromatic rings. The van der Waals surface area contributed by atoms with Crippen molar-refractivity contribution in [2.24, 2.45) is 5.10 Å². The summed E-state index contributed by atoms with van der Waals surface area (Å²) in [6, 6.07) is 4.63. The number of aromatic hydroxyl groups is 1. The highest BCUT2D eigenvalue weighted by atomic mass is 16.6. The number of hydrazone groups is 1. The van der Waals surface area contributed by atoms with Gasteiger partial charge in [-0.15, -0.1) is 0 Å². The number of aromatic nitrogens is 2. The summed E-state index contributed by atoms with van der Waals surface area (Å²) in [5.41, 5.74) is 2.70. The number of ether oxygens (including phenoxy) is 1. The van der Waals surface area contributed by atoms with Crippen molar-refractivity contribution in [2.75, 3.05) is 6.61 Å². The summed E-state index contributed by atoms with van der Waals surface area (Å²) in [5, 5.41) is 27.6. The van der Waals surface area contributed by atoms with E-state index in [0.717, 1.165) is 17.1 Å². The van der Waals surface area contributed by atoms with E-state index in [1.165, 1.54) is 12.3 Å². The molecule has 126 valence electrons. The Morgan fingerprint density at radius 2 is 2.38 bits per heavy atom. The van der Waals surface area contributed by atoms with Crippen molar-refractivity contribution in [3.8, 4) is 11.5 Å². The molecule has 0 aliphatic heterocycles. The largest absolute Gasteiger partial charge is 0.504 e. The van der Waals surface area contributed by atoms with Crippen LogP contribution in [0.4, 0.5) is 5.69 Å². The van der Waals surface area contributed by atoms with Crippen molar-refractivity contribution in [3.63, 3.8) is 0 Å². The number of hydrogen-bond acceptors (Lipinski definition) is 7. The summed E-state index contributed by atoms with van der Waals surface area (Å²) in [4.78, 5) is 21.6. The number of carbonyl (C=O) groups is 1. The summed E-state index contributed by atoms with van der Waals surface area (Å²) >= 11 is 0. The molecule has 10 heteroatoms. The van der Waals surface area contributed by atoms with Gasteiger partial charge in [-0.05, 0) is 30.7 Å². The number of nitro groups is 1. The van der Waals surface area contributed by atoms with Gasteiger partial charge in [0.05, 0.1) is 17.7 Å². The van der Waals surface area contributed by atoms with Crippen molar-refractivity contribution in [1.29, 1.82) is 0 Å². The van der Waals surface area contributed by atoms with Gasteiger partial charge >= 0.3 is 5.69 Å². The van der Waals surface area contributed by atoms with Crippen LogP contribution in [0.15, 0.2) is 35.7 Å². The zero-order chi connectivity index (χ0) is 17.5. The van der Waals surface area contributed by atoms with Crippen LogP contribution in [0.3, 0.4) is 0 Å². The lowest BCUT2D eigenvalue weighted by Gasteiger charge is -2.06. The fourth-order valence-electron chi connectivity index (χ4n) is 1.78. The van der Waals surface area contributed by atoms with Crippen molar-refractivity contribution in [2.45, 2.75) is 13.5 Å². The standard InChI is InChI=1S/C14H15N5O5/c1-2-24-13-5-10(3-4-12(13)20)6-15-17-14(21)9-18-8-11(7-16-18)19(22)23/h3-8,20H,2,9H2,1H3,(H,17,21)/b15-6+. The van der Waals surface area contributed by atoms with Gasteiger partial charge in [0.15, 0.2) is 11.5 Å². The van der Waals surface area contributed by atoms with E-state index in [4.69, 9.17) is 4.74 Å². The maximum atomic E-state index is 11.7. The molecule has 24 heavy (non-hydrogen) atoms. The number of amides is 1. The molecule has 1 heterocycles. The number of hydrogen-bond donors (Lipinski definition) is 2. The maximum absolute atomic E-state index is 11.7. The number of phenolic OH excluding ortho intramolecular Hbond substituents is 1. The molecule has 0 atom stereocenters. The van der Waals surface area contributed by atoms with E-state index in [2.05, 4.69) is 15.6 Å². The Labute approximate surface area is 136 Å². The summed E-state index contributed by atoms with van der Waals surface area (Å²) < 4.78 is 6.38. The molecule has 0 saturated carbocycles. The van der Waals surface area contributed by atoms with E-state index in [0.29, 0.717) is 17.9 Å². The van der Waals surface area contributed by atoms with Gasteiger partial charge in [0.1, 0.15) is 18.9 Å². The van der Waals surface area contributed by atoms with Gasteiger partial charge in [-0.3, -0.25) is 19.6 Å². The van der Waals surface area contributed by atoms with E-state index in [1.807, 2.05) is 0 Å². The highest BCUT2D eigenvalue weighted by Gasteiger charge is 2.10. The van der Waals surface area contributed by atoms with Gasteiger partial charge in [-0.1, -0.05) is 0 Å². The number of nitrogens with one attached hydrogen (secondary N) is 1. The number of benzene rings is 1. The average Bonchev–Trinajstić information content (AvgIpc) is 2.99. The molecule has 2 N–H and O–H groups in total. The van der Waals surface area contributed by atoms with Gasteiger partial charge in [0.2, 0.25) is 0 Å². The molecule has 0 saturated heterocycles. The third-order valence-corrected chi connectivity index (χ3v) is 2.82. The van der Waals surface area contributed by atoms with Gasteiger partial charge in [-0.2, -0.15) is 10.2 Å². The predicted octanol–water partition coefficient (Wildman–Crippen LogP) is 1.05. The maximum Gasteiger partial charge on any atom is 0.307 e. The van der Waals surface area contributed by atoms with E-state index in [9.17, 15) is 20.0 Å². The molecule has 0 aliphatic rings. The lowest BCUT2D eigenvalue weighted by Crippen LogP contribution is -2.23. The molecule has 0 aliphatic carbocycles. The van der Waals surface area contributed by atoms with Crippen LogP contribution in [0.2, 0.25) is 0 Å². The number of carbonyl (C=O) groups excluding carboxylic acids is 1. The van der Waals surface area contributed by atoms with E-state index in [1.54, 1.807) is 19.1 Å². The molecular weight excluding hydrogens is 318 g/mol. The summed E-state index contributed by atoms with van der Waals surface area (Å²) in [5.74, 6) is -0.164. The minimum absolute atomic E-state index is 0.0123. The van der Waals surface area contributed by atoms with Crippen LogP contribution >= 0.6 is 0 Å². The first kappa shape index (κ1) is 16.9. The molecule has 0 fully saturated rings. The minimum atomic E-state index is -0.597. The van der Waals surface area contributed by atoms with Crippen LogP contribution in [-0.2, 0) is 11.3 Å². The fourth-order valence-corrected chi connectivity index (χ4v) is 1.78. The lowest BCUT2D eigenvalue weighted by molar-refractivity contribution is -0.385. The predicted molar refractivity (Wildman–Crippen MR) is 83.9 cm³/mol. The number of phenols is 1. The first-order chi connectivity index (χ1) is 11.5. The molecule has 0 bridgehead atoms. The molecule has 1 aromatic heterocycles. The average molecular weight is 333 g/mol. The molecule has 1 aromatic carbocycles. The summed E-state index contributed by atoms with van der Waals surface area (Å²) in [6.07, 6.45) is 3.59. The molecule has 0 radical (unpaired) electrons. The Hall–Kier alpha value is -3.43. The smallest absolute Gasteiger partial charge is 0.307 e. The Morgan fingerprint density at radius 1 is 1.58 bits per heavy atom. The summed E-state index contributed by atoms with van der Waals surface area (Å²) in [7, 11) is 0. The quantitative estimate of drug-likeness (QED) is 0.442. The third-order valence-electron chi connectivity index (χ3n) is 2.82. The second kappa shape index (κ2) is 7.72. The van der Waals surface area contributed by atoms with Crippen molar-refractivity contribution in [1.82, 2.24) is 15.2 Å². The molecule has 0 spiro atoms. The van der Waals surface area contributed by atoms with E-state index in [-0.39, 0.29) is 18.0 Å². The highest BCUT2D eigenvalue weighted by Crippen LogP contribution is 2.26. The van der Waals surface area contributed by atoms with Crippen LogP contribution < -0.4 is 10.2 Å². The SMILES string of the molecule is CCOc1cc(/C=N/NC(=O)Cn2cc([N+](=O)[O-])cn2)ccc1O. The van der Waals surface area contributed by atoms with Gasteiger partial charge in [-0.25, -0.2) is 5.43 Å². The Balaban J connectivity index is 1.92. The topological polar surface area (TPSA) is 132 Å².